The van der Waals surface area contributed by atoms with Gasteiger partial charge in [-0.2, -0.15) is 0 Å². The number of hydrogen-bond donors (Lipinski definition) is 1. The first-order valence-electron chi connectivity index (χ1n) is 7.68. The topological polar surface area (TPSA) is 83.1 Å². The van der Waals surface area contributed by atoms with Crippen LogP contribution in [0, 0.1) is 0 Å². The Morgan fingerprint density at radius 1 is 1.19 bits per heavy atom. The van der Waals surface area contributed by atoms with Gasteiger partial charge in [-0.1, -0.05) is 23.7 Å². The normalized spacial score (nSPS) is 15.1. The van der Waals surface area contributed by atoms with Crippen molar-refractivity contribution in [3.8, 4) is 17.2 Å². The quantitative estimate of drug-likeness (QED) is 0.825. The minimum absolute atomic E-state index is 0.0673. The third-order valence-corrected chi connectivity index (χ3v) is 4.07. The van der Waals surface area contributed by atoms with E-state index in [1.54, 1.807) is 18.2 Å². The first kappa shape index (κ1) is 17.9. The number of benzene rings is 2. The van der Waals surface area contributed by atoms with Gasteiger partial charge in [0.1, 0.15) is 17.9 Å². The number of nitrogens with one attached hydrogen (secondary N) is 1. The molecular weight excluding hydrogens is 362 g/mol. The van der Waals surface area contributed by atoms with Crippen LogP contribution in [0.25, 0.3) is 0 Å². The largest absolute Gasteiger partial charge is 0.496 e. The molecule has 1 N–H and O–H groups in total. The summed E-state index contributed by atoms with van der Waals surface area (Å²) < 4.78 is 21.0. The van der Waals surface area contributed by atoms with E-state index in [9.17, 15) is 9.59 Å². The van der Waals surface area contributed by atoms with Gasteiger partial charge in [-0.15, -0.1) is 0 Å². The number of carbonyl (C=O) groups is 2. The van der Waals surface area contributed by atoms with Crippen molar-refractivity contribution in [1.29, 1.82) is 0 Å². The highest BCUT2D eigenvalue weighted by molar-refractivity contribution is 6.34. The highest BCUT2D eigenvalue weighted by atomic mass is 35.5. The molecule has 1 amide bonds. The molecule has 0 aliphatic carbocycles. The molecule has 1 aliphatic heterocycles. The van der Waals surface area contributed by atoms with Gasteiger partial charge in [-0.25, -0.2) is 4.79 Å². The second kappa shape index (κ2) is 7.53. The van der Waals surface area contributed by atoms with Crippen molar-refractivity contribution in [2.24, 2.45) is 0 Å². The summed E-state index contributed by atoms with van der Waals surface area (Å²) in [4.78, 5) is 24.3. The molecule has 2 aromatic carbocycles. The Morgan fingerprint density at radius 3 is 2.62 bits per heavy atom. The Hall–Kier alpha value is -2.93. The lowest BCUT2D eigenvalue weighted by Gasteiger charge is -2.25. The molecule has 136 valence electrons. The number of anilines is 1. The molecule has 0 fully saturated rings. The van der Waals surface area contributed by atoms with Gasteiger partial charge in [-0.3, -0.25) is 4.79 Å². The van der Waals surface area contributed by atoms with E-state index in [1.165, 1.54) is 26.4 Å². The zero-order chi connectivity index (χ0) is 18.7. The van der Waals surface area contributed by atoms with Gasteiger partial charge in [0.05, 0.1) is 24.9 Å². The molecule has 26 heavy (non-hydrogen) atoms. The highest BCUT2D eigenvalue weighted by Gasteiger charge is 2.28. The lowest BCUT2D eigenvalue weighted by molar-refractivity contribution is -0.125. The lowest BCUT2D eigenvalue weighted by Crippen LogP contribution is -2.40. The number of ether oxygens (including phenoxy) is 4. The number of hydrogen-bond acceptors (Lipinski definition) is 6. The molecular formula is C18H16ClNO6. The number of methoxy groups -OCH3 is 2. The van der Waals surface area contributed by atoms with Crippen LogP contribution in [0.5, 0.6) is 17.2 Å². The fourth-order valence-electron chi connectivity index (χ4n) is 2.45. The Morgan fingerprint density at radius 2 is 1.92 bits per heavy atom. The fraction of sp³-hybridized carbons (Fsp3) is 0.222. The van der Waals surface area contributed by atoms with Gasteiger partial charge >= 0.3 is 5.97 Å². The molecule has 0 radical (unpaired) electrons. The lowest BCUT2D eigenvalue weighted by atomic mass is 10.1. The average molecular weight is 378 g/mol. The molecule has 1 heterocycles. The third-order valence-electron chi connectivity index (χ3n) is 3.75. The molecule has 3 rings (SSSR count). The summed E-state index contributed by atoms with van der Waals surface area (Å²) in [6, 6.07) is 9.90. The molecule has 1 unspecified atom stereocenters. The number of amides is 1. The molecule has 0 spiro atoms. The van der Waals surface area contributed by atoms with Gasteiger partial charge in [0, 0.05) is 6.07 Å². The Balaban J connectivity index is 1.78. The number of rotatable bonds is 4. The smallest absolute Gasteiger partial charge is 0.341 e. The Bertz CT molecular complexity index is 854. The summed E-state index contributed by atoms with van der Waals surface area (Å²) >= 11 is 6.17. The number of esters is 1. The summed E-state index contributed by atoms with van der Waals surface area (Å²) in [6.07, 6.45) is -0.841. The third kappa shape index (κ3) is 3.52. The average Bonchev–Trinajstić information content (AvgIpc) is 2.68. The first-order chi connectivity index (χ1) is 12.5. The van der Waals surface area contributed by atoms with Gasteiger partial charge in [0.25, 0.3) is 5.91 Å². The van der Waals surface area contributed by atoms with Crippen LogP contribution in [0.3, 0.4) is 0 Å². The van der Waals surface area contributed by atoms with Crippen LogP contribution in [-0.4, -0.2) is 38.8 Å². The predicted octanol–water partition coefficient (Wildman–Crippen LogP) is 2.91. The van der Waals surface area contributed by atoms with Crippen molar-refractivity contribution in [2.75, 3.05) is 26.1 Å². The summed E-state index contributed by atoms with van der Waals surface area (Å²) in [6.45, 7) is 0.0673. The number of carbonyl (C=O) groups excluding carboxylic acids is 2. The minimum atomic E-state index is -0.841. The molecule has 8 heteroatoms. The van der Waals surface area contributed by atoms with Crippen LogP contribution < -0.4 is 19.5 Å². The van der Waals surface area contributed by atoms with Crippen LogP contribution in [0.15, 0.2) is 36.4 Å². The van der Waals surface area contributed by atoms with E-state index in [0.717, 1.165) is 0 Å². The van der Waals surface area contributed by atoms with Gasteiger partial charge in [0.2, 0.25) is 6.10 Å². The van der Waals surface area contributed by atoms with Crippen LogP contribution in [-0.2, 0) is 9.53 Å². The molecule has 2 aromatic rings. The standard InChI is InChI=1S/C18H16ClNO6/c1-23-15-8-12(11(19)7-10(15)18(22)24-2)20-17(21)16-9-25-13-5-3-4-6-14(13)26-16/h3-8,16H,9H2,1-2H3,(H,20,21). The van der Waals surface area contributed by atoms with E-state index >= 15 is 0 Å². The predicted molar refractivity (Wildman–Crippen MR) is 94.3 cm³/mol. The number of para-hydroxylation sites is 2. The van der Waals surface area contributed by atoms with Crippen molar-refractivity contribution in [2.45, 2.75) is 6.10 Å². The van der Waals surface area contributed by atoms with Crippen LogP contribution >= 0.6 is 11.6 Å². The molecule has 0 aromatic heterocycles. The zero-order valence-electron chi connectivity index (χ0n) is 14.1. The van der Waals surface area contributed by atoms with Crippen LogP contribution in [0.1, 0.15) is 10.4 Å². The summed E-state index contributed by atoms with van der Waals surface area (Å²) in [7, 11) is 2.65. The van der Waals surface area contributed by atoms with Crippen molar-refractivity contribution < 1.29 is 28.5 Å². The summed E-state index contributed by atoms with van der Waals surface area (Å²) in [5.41, 5.74) is 0.438. The number of halogens is 1. The van der Waals surface area contributed by atoms with E-state index in [0.29, 0.717) is 11.5 Å². The second-order valence-electron chi connectivity index (χ2n) is 5.38. The zero-order valence-corrected chi connectivity index (χ0v) is 14.8. The SMILES string of the molecule is COC(=O)c1cc(Cl)c(NC(=O)C2COc3ccccc3O2)cc1OC. The molecule has 0 saturated carbocycles. The molecule has 1 aliphatic rings. The minimum Gasteiger partial charge on any atom is -0.496 e. The van der Waals surface area contributed by atoms with E-state index < -0.39 is 18.0 Å². The van der Waals surface area contributed by atoms with Gasteiger partial charge in [0.15, 0.2) is 11.5 Å². The molecule has 7 nitrogen and oxygen atoms in total. The summed E-state index contributed by atoms with van der Waals surface area (Å²) in [5, 5.41) is 2.83. The summed E-state index contributed by atoms with van der Waals surface area (Å²) in [5.74, 6) is 0.265. The van der Waals surface area contributed by atoms with E-state index in [4.69, 9.17) is 25.8 Å². The maximum absolute atomic E-state index is 12.5. The Labute approximate surface area is 154 Å². The first-order valence-corrected chi connectivity index (χ1v) is 8.06. The molecule has 0 bridgehead atoms. The molecule has 1 atom stereocenters. The maximum Gasteiger partial charge on any atom is 0.341 e. The van der Waals surface area contributed by atoms with Gasteiger partial charge < -0.3 is 24.3 Å². The Kier molecular flexibility index (Phi) is 5.18. The maximum atomic E-state index is 12.5. The van der Waals surface area contributed by atoms with E-state index in [-0.39, 0.29) is 28.6 Å². The second-order valence-corrected chi connectivity index (χ2v) is 5.78. The van der Waals surface area contributed by atoms with Crippen molar-refractivity contribution in [3.63, 3.8) is 0 Å². The van der Waals surface area contributed by atoms with Crippen molar-refractivity contribution in [1.82, 2.24) is 0 Å². The highest BCUT2D eigenvalue weighted by Crippen LogP contribution is 2.33. The van der Waals surface area contributed by atoms with Crippen molar-refractivity contribution in [3.05, 3.63) is 47.0 Å². The van der Waals surface area contributed by atoms with Gasteiger partial charge in [-0.05, 0) is 18.2 Å². The van der Waals surface area contributed by atoms with E-state index in [1.807, 2.05) is 6.07 Å². The molecule has 0 saturated heterocycles. The van der Waals surface area contributed by atoms with Crippen LogP contribution in [0.4, 0.5) is 5.69 Å². The van der Waals surface area contributed by atoms with Crippen LogP contribution in [0.2, 0.25) is 5.02 Å². The monoisotopic (exact) mass is 377 g/mol. The fourth-order valence-corrected chi connectivity index (χ4v) is 2.66. The van der Waals surface area contributed by atoms with Crippen molar-refractivity contribution >= 4 is 29.2 Å². The van der Waals surface area contributed by atoms with E-state index in [2.05, 4.69) is 10.1 Å². The number of fused-ring (bicyclic) bond motifs is 1.